The summed E-state index contributed by atoms with van der Waals surface area (Å²) in [5, 5.41) is 0. The van der Waals surface area contributed by atoms with E-state index < -0.39 is 0 Å². The first-order valence-corrected chi connectivity index (χ1v) is 9.80. The van der Waals surface area contributed by atoms with Crippen LogP contribution in [0.15, 0.2) is 67.3 Å². The van der Waals surface area contributed by atoms with Crippen molar-refractivity contribution in [3.8, 4) is 11.1 Å². The summed E-state index contributed by atoms with van der Waals surface area (Å²) in [5.74, 6) is 0. The van der Waals surface area contributed by atoms with Crippen molar-refractivity contribution in [2.24, 2.45) is 0 Å². The van der Waals surface area contributed by atoms with Crippen LogP contribution in [0.25, 0.3) is 11.1 Å². The highest BCUT2D eigenvalue weighted by molar-refractivity contribution is 5.92. The number of anilines is 3. The molecule has 7 rings (SSSR count). The molecule has 0 unspecified atom stereocenters. The van der Waals surface area contributed by atoms with Crippen LogP contribution in [-0.4, -0.2) is 9.97 Å². The zero-order valence-corrected chi connectivity index (χ0v) is 15.3. The molecule has 0 bridgehead atoms. The Kier molecular flexibility index (Phi) is 2.64. The Labute approximate surface area is 163 Å². The predicted octanol–water partition coefficient (Wildman–Crippen LogP) is 5.33. The van der Waals surface area contributed by atoms with Gasteiger partial charge in [0.05, 0.1) is 23.3 Å². The largest absolute Gasteiger partial charge is 0.308 e. The second-order valence-corrected chi connectivity index (χ2v) is 7.97. The lowest BCUT2D eigenvalue weighted by Gasteiger charge is -2.39. The molecule has 0 saturated carbocycles. The van der Waals surface area contributed by atoms with Gasteiger partial charge in [0.25, 0.3) is 0 Å². The second-order valence-electron chi connectivity index (χ2n) is 7.97. The molecule has 0 spiro atoms. The first kappa shape index (κ1) is 14.6. The molecule has 28 heavy (non-hydrogen) atoms. The molecule has 2 aromatic heterocycles. The number of hydrogen-bond donors (Lipinski definition) is 0. The molecule has 1 aliphatic carbocycles. The number of benzene rings is 2. The van der Waals surface area contributed by atoms with Gasteiger partial charge in [-0.25, -0.2) is 0 Å². The first-order valence-electron chi connectivity index (χ1n) is 9.80. The molecule has 2 aromatic carbocycles. The van der Waals surface area contributed by atoms with E-state index in [4.69, 9.17) is 0 Å². The Hall–Kier alpha value is -3.46. The van der Waals surface area contributed by atoms with Gasteiger partial charge in [0.1, 0.15) is 0 Å². The Morgan fingerprint density at radius 3 is 2.36 bits per heavy atom. The van der Waals surface area contributed by atoms with E-state index in [2.05, 4.69) is 57.3 Å². The Bertz CT molecular complexity index is 1310. The monoisotopic (exact) mass is 359 g/mol. The van der Waals surface area contributed by atoms with E-state index in [1.807, 2.05) is 24.8 Å². The number of rotatable bonds is 0. The molecule has 2 aliphatic heterocycles. The highest BCUT2D eigenvalue weighted by Crippen LogP contribution is 2.52. The summed E-state index contributed by atoms with van der Waals surface area (Å²) < 4.78 is 0. The van der Waals surface area contributed by atoms with Crippen LogP contribution in [0.5, 0.6) is 0 Å². The van der Waals surface area contributed by atoms with Crippen molar-refractivity contribution in [1.29, 1.82) is 0 Å². The van der Waals surface area contributed by atoms with E-state index in [0.717, 1.165) is 19.3 Å². The molecule has 0 amide bonds. The maximum absolute atomic E-state index is 4.55. The molecule has 132 valence electrons. The van der Waals surface area contributed by atoms with Gasteiger partial charge in [-0.2, -0.15) is 0 Å². The van der Waals surface area contributed by atoms with Gasteiger partial charge in [-0.3, -0.25) is 9.97 Å². The molecule has 4 heterocycles. The van der Waals surface area contributed by atoms with E-state index in [-0.39, 0.29) is 0 Å². The van der Waals surface area contributed by atoms with Crippen LogP contribution in [0.3, 0.4) is 0 Å². The fourth-order valence-corrected chi connectivity index (χ4v) is 5.21. The number of nitrogens with zero attached hydrogens (tertiary/aromatic N) is 3. The van der Waals surface area contributed by atoms with Crippen LogP contribution >= 0.6 is 0 Å². The Balaban J connectivity index is 1.53. The molecule has 3 aliphatic rings. The first-order chi connectivity index (χ1) is 13.9. The van der Waals surface area contributed by atoms with E-state index in [1.165, 1.54) is 61.6 Å². The van der Waals surface area contributed by atoms with Gasteiger partial charge in [0.2, 0.25) is 0 Å². The number of pyridine rings is 2. The van der Waals surface area contributed by atoms with Crippen molar-refractivity contribution in [1.82, 2.24) is 9.97 Å². The lowest BCUT2D eigenvalue weighted by atomic mass is 9.87. The van der Waals surface area contributed by atoms with Gasteiger partial charge >= 0.3 is 0 Å². The summed E-state index contributed by atoms with van der Waals surface area (Å²) in [6, 6.07) is 15.8. The predicted molar refractivity (Wildman–Crippen MR) is 111 cm³/mol. The average Bonchev–Trinajstić information content (AvgIpc) is 3.09. The molecule has 0 saturated heterocycles. The van der Waals surface area contributed by atoms with Crippen molar-refractivity contribution < 1.29 is 0 Å². The van der Waals surface area contributed by atoms with Crippen molar-refractivity contribution in [2.75, 3.05) is 4.90 Å². The van der Waals surface area contributed by atoms with E-state index in [9.17, 15) is 0 Å². The summed E-state index contributed by atoms with van der Waals surface area (Å²) in [4.78, 5) is 11.4. The topological polar surface area (TPSA) is 29.0 Å². The summed E-state index contributed by atoms with van der Waals surface area (Å²) in [6.45, 7) is 0. The van der Waals surface area contributed by atoms with Gasteiger partial charge in [-0.15, -0.1) is 0 Å². The molecule has 3 heteroatoms. The summed E-state index contributed by atoms with van der Waals surface area (Å²) >= 11 is 0. The summed E-state index contributed by atoms with van der Waals surface area (Å²) in [7, 11) is 0. The number of aromatic nitrogens is 2. The maximum Gasteiger partial charge on any atom is 0.0680 e. The number of hydrogen-bond acceptors (Lipinski definition) is 3. The average molecular weight is 359 g/mol. The fourth-order valence-electron chi connectivity index (χ4n) is 5.21. The third-order valence-electron chi connectivity index (χ3n) is 6.42. The van der Waals surface area contributed by atoms with Crippen LogP contribution < -0.4 is 4.90 Å². The summed E-state index contributed by atoms with van der Waals surface area (Å²) in [6.07, 6.45) is 10.9. The third-order valence-corrected chi connectivity index (χ3v) is 6.42. The van der Waals surface area contributed by atoms with Gasteiger partial charge in [-0.05, 0) is 63.1 Å². The minimum absolute atomic E-state index is 0.924. The lowest BCUT2D eigenvalue weighted by molar-refractivity contribution is 0.976. The molecular formula is C25H17N3. The van der Waals surface area contributed by atoms with Crippen LogP contribution in [-0.2, 0) is 19.3 Å². The lowest BCUT2D eigenvalue weighted by Crippen LogP contribution is -2.25. The molecule has 0 atom stereocenters. The zero-order valence-electron chi connectivity index (χ0n) is 15.3. The van der Waals surface area contributed by atoms with Gasteiger partial charge < -0.3 is 4.90 Å². The minimum Gasteiger partial charge on any atom is -0.308 e. The highest BCUT2D eigenvalue weighted by Gasteiger charge is 2.33. The molecule has 4 aromatic rings. The minimum atomic E-state index is 0.924. The normalized spacial score (nSPS) is 14.6. The van der Waals surface area contributed by atoms with Crippen LogP contribution in [0.4, 0.5) is 17.1 Å². The summed E-state index contributed by atoms with van der Waals surface area (Å²) in [5.41, 5.74) is 14.8. The van der Waals surface area contributed by atoms with Gasteiger partial charge in [0.15, 0.2) is 0 Å². The Morgan fingerprint density at radius 1 is 0.607 bits per heavy atom. The second kappa shape index (κ2) is 5.08. The van der Waals surface area contributed by atoms with E-state index in [0.29, 0.717) is 0 Å². The van der Waals surface area contributed by atoms with E-state index in [1.54, 1.807) is 0 Å². The fraction of sp³-hybridized carbons (Fsp3) is 0.120. The van der Waals surface area contributed by atoms with Crippen molar-refractivity contribution in [3.05, 3.63) is 101 Å². The van der Waals surface area contributed by atoms with Gasteiger partial charge in [-0.1, -0.05) is 30.3 Å². The zero-order chi connectivity index (χ0) is 18.2. The van der Waals surface area contributed by atoms with Gasteiger partial charge in [0, 0.05) is 31.4 Å². The standard InChI is InChI=1S/C25H17N3/c1-2-4-21-15(3-1)7-17-9-18-10-20-13-27-12-19-8-16-5-6-26-14-24(16)28(25(19)20)23(18)11-22(17)21/h1-6,9,11-14H,7-8,10H2. The molecule has 0 N–H and O–H groups in total. The smallest absolute Gasteiger partial charge is 0.0680 e. The SMILES string of the molecule is c1ccc2c(c1)Cc1cc3c(cc1-2)N1c2cnccc2Cc2cncc(c21)C3. The van der Waals surface area contributed by atoms with Crippen molar-refractivity contribution in [3.63, 3.8) is 0 Å². The maximum atomic E-state index is 4.55. The van der Waals surface area contributed by atoms with E-state index >= 15 is 0 Å². The molecule has 0 fully saturated rings. The van der Waals surface area contributed by atoms with Crippen LogP contribution in [0.2, 0.25) is 0 Å². The van der Waals surface area contributed by atoms with Crippen LogP contribution in [0.1, 0.15) is 33.4 Å². The van der Waals surface area contributed by atoms with Crippen molar-refractivity contribution >= 4 is 17.1 Å². The molecular weight excluding hydrogens is 342 g/mol. The number of fused-ring (bicyclic) bond motifs is 7. The van der Waals surface area contributed by atoms with Crippen LogP contribution in [0, 0.1) is 0 Å². The quantitative estimate of drug-likeness (QED) is 0.367. The molecule has 0 radical (unpaired) electrons. The Morgan fingerprint density at radius 2 is 1.43 bits per heavy atom. The highest BCUT2D eigenvalue weighted by atomic mass is 15.2. The van der Waals surface area contributed by atoms with Crippen molar-refractivity contribution in [2.45, 2.75) is 19.3 Å². The molecule has 3 nitrogen and oxygen atoms in total. The third kappa shape index (κ3) is 1.79.